The summed E-state index contributed by atoms with van der Waals surface area (Å²) in [7, 11) is 0. The first-order valence-corrected chi connectivity index (χ1v) is 7.22. The lowest BCUT2D eigenvalue weighted by molar-refractivity contribution is 0.380. The van der Waals surface area contributed by atoms with Gasteiger partial charge in [0.1, 0.15) is 5.82 Å². The van der Waals surface area contributed by atoms with Crippen LogP contribution in [-0.2, 0) is 6.42 Å². The molecule has 2 rings (SSSR count). The van der Waals surface area contributed by atoms with Crippen LogP contribution in [-0.4, -0.2) is 0 Å². The van der Waals surface area contributed by atoms with Gasteiger partial charge in [-0.1, -0.05) is 29.3 Å². The number of nitriles is 1. The van der Waals surface area contributed by atoms with E-state index >= 15 is 0 Å². The highest BCUT2D eigenvalue weighted by Crippen LogP contribution is 2.45. The van der Waals surface area contributed by atoms with Crippen molar-refractivity contribution < 1.29 is 4.39 Å². The minimum atomic E-state index is -0.284. The Bertz CT molecular complexity index is 460. The van der Waals surface area contributed by atoms with Crippen LogP contribution in [0.5, 0.6) is 0 Å². The molecule has 0 spiro atoms. The van der Waals surface area contributed by atoms with E-state index < -0.39 is 0 Å². The molecule has 18 heavy (non-hydrogen) atoms. The van der Waals surface area contributed by atoms with Crippen molar-refractivity contribution in [1.82, 2.24) is 0 Å². The van der Waals surface area contributed by atoms with E-state index in [1.807, 2.05) is 6.07 Å². The van der Waals surface area contributed by atoms with Crippen molar-refractivity contribution in [3.63, 3.8) is 0 Å². The summed E-state index contributed by atoms with van der Waals surface area (Å²) in [4.78, 5) is 0. The Morgan fingerprint density at radius 3 is 2.83 bits per heavy atom. The lowest BCUT2D eigenvalue weighted by Crippen LogP contribution is -2.18. The molecule has 0 saturated heterocycles. The highest BCUT2D eigenvalue weighted by atomic mass is 79.9. The monoisotopic (exact) mass is 309 g/mol. The van der Waals surface area contributed by atoms with Crippen LogP contribution < -0.4 is 0 Å². The molecule has 0 aromatic heterocycles. The molecule has 0 amide bonds. The average molecular weight is 310 g/mol. The van der Waals surface area contributed by atoms with E-state index in [1.54, 1.807) is 6.07 Å². The van der Waals surface area contributed by atoms with Crippen LogP contribution in [0.1, 0.15) is 38.2 Å². The maximum absolute atomic E-state index is 13.4. The van der Waals surface area contributed by atoms with E-state index in [0.29, 0.717) is 12.3 Å². The highest BCUT2D eigenvalue weighted by Gasteiger charge is 2.38. The number of nitrogens with zero attached hydrogens (tertiary/aromatic N) is 1. The molecule has 1 aliphatic rings. The van der Waals surface area contributed by atoms with Crippen LogP contribution in [0.25, 0.3) is 0 Å². The van der Waals surface area contributed by atoms with E-state index in [9.17, 15) is 9.65 Å². The van der Waals surface area contributed by atoms with Crippen LogP contribution in [0.15, 0.2) is 22.7 Å². The summed E-state index contributed by atoms with van der Waals surface area (Å²) in [5.41, 5.74) is 0.633. The Hall–Kier alpha value is -0.880. The Kier molecular flexibility index (Phi) is 4.07. The Morgan fingerprint density at radius 2 is 2.28 bits per heavy atom. The van der Waals surface area contributed by atoms with E-state index in [2.05, 4.69) is 28.9 Å². The molecule has 2 unspecified atom stereocenters. The molecule has 2 atom stereocenters. The topological polar surface area (TPSA) is 23.8 Å². The lowest BCUT2D eigenvalue weighted by atomic mass is 9.80. The molecule has 0 aliphatic heterocycles. The van der Waals surface area contributed by atoms with Crippen molar-refractivity contribution >= 4 is 15.9 Å². The fraction of sp³-hybridized carbons (Fsp3) is 0.533. The van der Waals surface area contributed by atoms with Crippen LogP contribution in [0.2, 0.25) is 0 Å². The summed E-state index contributed by atoms with van der Waals surface area (Å²) in [6, 6.07) is 7.40. The van der Waals surface area contributed by atoms with E-state index in [0.717, 1.165) is 35.7 Å². The van der Waals surface area contributed by atoms with Gasteiger partial charge in [-0.3, -0.25) is 0 Å². The van der Waals surface area contributed by atoms with Crippen molar-refractivity contribution in [2.45, 2.75) is 39.0 Å². The summed E-state index contributed by atoms with van der Waals surface area (Å²) < 4.78 is 14.1. The summed E-state index contributed by atoms with van der Waals surface area (Å²) >= 11 is 3.30. The molecule has 1 aromatic carbocycles. The lowest BCUT2D eigenvalue weighted by Gasteiger charge is -2.21. The number of hydrogen-bond donors (Lipinski definition) is 0. The molecule has 1 aliphatic carbocycles. The molecule has 0 bridgehead atoms. The molecule has 1 saturated carbocycles. The molecule has 1 fully saturated rings. The smallest absolute Gasteiger partial charge is 0.124 e. The van der Waals surface area contributed by atoms with Gasteiger partial charge < -0.3 is 0 Å². The standard InChI is InChI=1S/C15H17BrFN/c1-2-11-3-4-15(8-11,10-18)9-12-5-13(16)7-14(17)6-12/h5-7,11H,2-4,8-9H2,1H3. The molecule has 1 aromatic rings. The van der Waals surface area contributed by atoms with Crippen molar-refractivity contribution in [2.75, 3.05) is 0 Å². The molecule has 0 radical (unpaired) electrons. The van der Waals surface area contributed by atoms with Gasteiger partial charge in [0.05, 0.1) is 11.5 Å². The predicted octanol–water partition coefficient (Wildman–Crippen LogP) is 4.85. The normalized spacial score (nSPS) is 27.1. The van der Waals surface area contributed by atoms with E-state index in [1.165, 1.54) is 6.07 Å². The molecule has 1 nitrogen and oxygen atoms in total. The van der Waals surface area contributed by atoms with Gasteiger partial charge >= 0.3 is 0 Å². The molecular formula is C15H17BrFN. The van der Waals surface area contributed by atoms with E-state index in [4.69, 9.17) is 0 Å². The van der Waals surface area contributed by atoms with Crippen LogP contribution in [0.4, 0.5) is 4.39 Å². The second-order valence-corrected chi connectivity index (χ2v) is 6.28. The van der Waals surface area contributed by atoms with Gasteiger partial charge in [0, 0.05) is 4.47 Å². The van der Waals surface area contributed by atoms with Gasteiger partial charge in [0.2, 0.25) is 0 Å². The van der Waals surface area contributed by atoms with Gasteiger partial charge in [-0.05, 0) is 55.4 Å². The largest absolute Gasteiger partial charge is 0.207 e. The Labute approximate surface area is 116 Å². The fourth-order valence-electron chi connectivity index (χ4n) is 2.99. The minimum absolute atomic E-state index is 0.238. The third-order valence-corrected chi connectivity index (χ3v) is 4.45. The predicted molar refractivity (Wildman–Crippen MR) is 73.5 cm³/mol. The first-order chi connectivity index (χ1) is 8.57. The van der Waals surface area contributed by atoms with Crippen molar-refractivity contribution in [1.29, 1.82) is 5.26 Å². The minimum Gasteiger partial charge on any atom is -0.207 e. The van der Waals surface area contributed by atoms with Crippen molar-refractivity contribution in [3.05, 3.63) is 34.1 Å². The molecular weight excluding hydrogens is 293 g/mol. The average Bonchev–Trinajstić information content (AvgIpc) is 2.72. The third kappa shape index (κ3) is 2.92. The molecule has 3 heteroatoms. The number of benzene rings is 1. The summed E-state index contributed by atoms with van der Waals surface area (Å²) in [6.45, 7) is 2.18. The molecule has 0 N–H and O–H groups in total. The number of rotatable bonds is 3. The quantitative estimate of drug-likeness (QED) is 0.783. The Balaban J connectivity index is 2.19. The molecule has 0 heterocycles. The number of hydrogen-bond acceptors (Lipinski definition) is 1. The van der Waals surface area contributed by atoms with Crippen LogP contribution >= 0.6 is 15.9 Å². The van der Waals surface area contributed by atoms with Gasteiger partial charge in [-0.2, -0.15) is 5.26 Å². The van der Waals surface area contributed by atoms with Gasteiger partial charge in [-0.25, -0.2) is 4.39 Å². The maximum atomic E-state index is 13.4. The second-order valence-electron chi connectivity index (χ2n) is 5.36. The number of halogens is 2. The maximum Gasteiger partial charge on any atom is 0.124 e. The molecule has 96 valence electrons. The highest BCUT2D eigenvalue weighted by molar-refractivity contribution is 9.10. The van der Waals surface area contributed by atoms with Crippen LogP contribution in [0, 0.1) is 28.5 Å². The zero-order valence-corrected chi connectivity index (χ0v) is 12.1. The van der Waals surface area contributed by atoms with E-state index in [-0.39, 0.29) is 11.2 Å². The Morgan fingerprint density at radius 1 is 1.50 bits per heavy atom. The van der Waals surface area contributed by atoms with Gasteiger partial charge in [0.25, 0.3) is 0 Å². The zero-order valence-electron chi connectivity index (χ0n) is 10.5. The summed E-state index contributed by atoms with van der Waals surface area (Å²) in [6.07, 6.45) is 4.82. The van der Waals surface area contributed by atoms with Crippen LogP contribution in [0.3, 0.4) is 0 Å². The van der Waals surface area contributed by atoms with Gasteiger partial charge in [0.15, 0.2) is 0 Å². The van der Waals surface area contributed by atoms with Crippen molar-refractivity contribution in [2.24, 2.45) is 11.3 Å². The summed E-state index contributed by atoms with van der Waals surface area (Å²) in [5, 5.41) is 9.47. The van der Waals surface area contributed by atoms with Crippen molar-refractivity contribution in [3.8, 4) is 6.07 Å². The summed E-state index contributed by atoms with van der Waals surface area (Å²) in [5.74, 6) is 0.416. The third-order valence-electron chi connectivity index (χ3n) is 3.99. The fourth-order valence-corrected chi connectivity index (χ4v) is 3.50. The zero-order chi connectivity index (χ0) is 13.2. The van der Waals surface area contributed by atoms with Gasteiger partial charge in [-0.15, -0.1) is 0 Å². The first-order valence-electron chi connectivity index (χ1n) is 6.43. The first kappa shape index (κ1) is 13.5. The SMILES string of the molecule is CCC1CCC(C#N)(Cc2cc(F)cc(Br)c2)C1. The second kappa shape index (κ2) is 5.40.